The number of esters is 1. The van der Waals surface area contributed by atoms with E-state index in [2.05, 4.69) is 42.0 Å². The van der Waals surface area contributed by atoms with Gasteiger partial charge in [-0.05, 0) is 58.4 Å². The van der Waals surface area contributed by atoms with Crippen LogP contribution in [-0.2, 0) is 16.1 Å². The Bertz CT molecular complexity index is 483. The van der Waals surface area contributed by atoms with Crippen molar-refractivity contribution in [3.63, 3.8) is 0 Å². The van der Waals surface area contributed by atoms with Gasteiger partial charge in [0.25, 0.3) is 0 Å². The summed E-state index contributed by atoms with van der Waals surface area (Å²) in [4.78, 5) is 11.6. The van der Waals surface area contributed by atoms with Crippen LogP contribution in [0.4, 0.5) is 0 Å². The van der Waals surface area contributed by atoms with Crippen LogP contribution in [-0.4, -0.2) is 24.2 Å². The molecule has 1 unspecified atom stereocenters. The zero-order valence-corrected chi connectivity index (χ0v) is 14.9. The highest BCUT2D eigenvalue weighted by Crippen LogP contribution is 2.24. The fourth-order valence-electron chi connectivity index (χ4n) is 1.63. The molecule has 1 rings (SSSR count). The molecule has 0 fully saturated rings. The summed E-state index contributed by atoms with van der Waals surface area (Å²) >= 11 is 3.53. The molecule has 0 spiro atoms. The summed E-state index contributed by atoms with van der Waals surface area (Å²) < 4.78 is 11.6. The van der Waals surface area contributed by atoms with Crippen LogP contribution in [0.25, 0.3) is 0 Å². The van der Waals surface area contributed by atoms with Crippen molar-refractivity contribution in [1.29, 1.82) is 0 Å². The molecular formula is C16H24BrNO3. The number of ether oxygens (including phenoxy) is 2. The minimum Gasteiger partial charge on any atom is -0.479 e. The van der Waals surface area contributed by atoms with E-state index in [1.807, 2.05) is 18.2 Å². The SMILES string of the molecule is CCOC(=O)C(C)Oc1ccc(Br)c(CNC(C)(C)C)c1. The zero-order valence-electron chi connectivity index (χ0n) is 13.3. The van der Waals surface area contributed by atoms with Crippen LogP contribution in [0.15, 0.2) is 22.7 Å². The lowest BCUT2D eigenvalue weighted by atomic mass is 10.1. The monoisotopic (exact) mass is 357 g/mol. The molecule has 1 N–H and O–H groups in total. The summed E-state index contributed by atoms with van der Waals surface area (Å²) in [6, 6.07) is 5.69. The lowest BCUT2D eigenvalue weighted by Crippen LogP contribution is -2.35. The predicted octanol–water partition coefficient (Wildman–Crippen LogP) is 3.67. The number of carbonyl (C=O) groups is 1. The van der Waals surface area contributed by atoms with Gasteiger partial charge in [0, 0.05) is 16.6 Å². The number of benzene rings is 1. The zero-order chi connectivity index (χ0) is 16.0. The normalized spacial score (nSPS) is 12.9. The van der Waals surface area contributed by atoms with Crippen molar-refractivity contribution in [3.05, 3.63) is 28.2 Å². The first-order valence-electron chi connectivity index (χ1n) is 7.09. The molecule has 0 bridgehead atoms. The molecule has 21 heavy (non-hydrogen) atoms. The highest BCUT2D eigenvalue weighted by molar-refractivity contribution is 9.10. The fourth-order valence-corrected chi connectivity index (χ4v) is 2.02. The second-order valence-electron chi connectivity index (χ2n) is 5.87. The van der Waals surface area contributed by atoms with Gasteiger partial charge in [0.15, 0.2) is 6.10 Å². The largest absolute Gasteiger partial charge is 0.479 e. The van der Waals surface area contributed by atoms with Crippen LogP contribution < -0.4 is 10.1 Å². The predicted molar refractivity (Wildman–Crippen MR) is 87.5 cm³/mol. The smallest absolute Gasteiger partial charge is 0.347 e. The summed E-state index contributed by atoms with van der Waals surface area (Å²) in [6.45, 7) is 10.9. The van der Waals surface area contributed by atoms with Gasteiger partial charge >= 0.3 is 5.97 Å². The van der Waals surface area contributed by atoms with Gasteiger partial charge in [0.1, 0.15) is 5.75 Å². The Kier molecular flexibility index (Phi) is 6.68. The third-order valence-corrected chi connectivity index (χ3v) is 3.53. The number of hydrogen-bond acceptors (Lipinski definition) is 4. The molecule has 4 nitrogen and oxygen atoms in total. The van der Waals surface area contributed by atoms with Crippen LogP contribution in [0.1, 0.15) is 40.2 Å². The molecule has 1 aromatic rings. The van der Waals surface area contributed by atoms with Gasteiger partial charge in [-0.1, -0.05) is 15.9 Å². The van der Waals surface area contributed by atoms with Crippen molar-refractivity contribution in [2.45, 2.75) is 52.8 Å². The van der Waals surface area contributed by atoms with Crippen molar-refractivity contribution in [1.82, 2.24) is 5.32 Å². The molecule has 0 amide bonds. The van der Waals surface area contributed by atoms with E-state index in [9.17, 15) is 4.79 Å². The van der Waals surface area contributed by atoms with Crippen molar-refractivity contribution in [2.24, 2.45) is 0 Å². The average molecular weight is 358 g/mol. The van der Waals surface area contributed by atoms with E-state index in [0.717, 1.165) is 16.6 Å². The standard InChI is InChI=1S/C16H24BrNO3/c1-6-20-15(19)11(2)21-13-7-8-14(17)12(9-13)10-18-16(3,4)5/h7-9,11,18H,6,10H2,1-5H3. The first-order valence-corrected chi connectivity index (χ1v) is 7.89. The molecule has 0 saturated heterocycles. The molecule has 0 aromatic heterocycles. The highest BCUT2D eigenvalue weighted by atomic mass is 79.9. The summed E-state index contributed by atoms with van der Waals surface area (Å²) in [5, 5.41) is 3.43. The van der Waals surface area contributed by atoms with E-state index < -0.39 is 6.10 Å². The number of halogens is 1. The van der Waals surface area contributed by atoms with E-state index in [1.165, 1.54) is 0 Å². The molecule has 118 valence electrons. The highest BCUT2D eigenvalue weighted by Gasteiger charge is 2.16. The van der Waals surface area contributed by atoms with Gasteiger partial charge in [-0.2, -0.15) is 0 Å². The molecule has 0 heterocycles. The molecule has 0 aliphatic rings. The van der Waals surface area contributed by atoms with Gasteiger partial charge in [-0.15, -0.1) is 0 Å². The number of rotatable bonds is 6. The second kappa shape index (κ2) is 7.80. The van der Waals surface area contributed by atoms with Crippen molar-refractivity contribution in [3.8, 4) is 5.75 Å². The van der Waals surface area contributed by atoms with E-state index in [0.29, 0.717) is 12.4 Å². The average Bonchev–Trinajstić information content (AvgIpc) is 2.38. The van der Waals surface area contributed by atoms with E-state index in [-0.39, 0.29) is 11.5 Å². The summed E-state index contributed by atoms with van der Waals surface area (Å²) in [6.07, 6.45) is -0.616. The Hall–Kier alpha value is -1.07. The molecular weight excluding hydrogens is 334 g/mol. The molecule has 1 atom stereocenters. The van der Waals surface area contributed by atoms with Crippen molar-refractivity contribution < 1.29 is 14.3 Å². The van der Waals surface area contributed by atoms with Crippen molar-refractivity contribution >= 4 is 21.9 Å². The lowest BCUT2D eigenvalue weighted by molar-refractivity contribution is -0.150. The first-order chi connectivity index (χ1) is 9.73. The van der Waals surface area contributed by atoms with Crippen LogP contribution >= 0.6 is 15.9 Å². The Morgan fingerprint density at radius 1 is 1.38 bits per heavy atom. The van der Waals surface area contributed by atoms with Gasteiger partial charge in [-0.3, -0.25) is 0 Å². The number of hydrogen-bond donors (Lipinski definition) is 1. The summed E-state index contributed by atoms with van der Waals surface area (Å²) in [5.74, 6) is 0.305. The quantitative estimate of drug-likeness (QED) is 0.789. The molecule has 0 radical (unpaired) electrons. The summed E-state index contributed by atoms with van der Waals surface area (Å²) in [7, 11) is 0. The Balaban J connectivity index is 2.74. The maximum atomic E-state index is 11.6. The Labute approximate surface area is 135 Å². The maximum absolute atomic E-state index is 11.6. The number of carbonyl (C=O) groups excluding carboxylic acids is 1. The van der Waals surface area contributed by atoms with Gasteiger partial charge in [0.2, 0.25) is 0 Å². The van der Waals surface area contributed by atoms with Gasteiger partial charge in [0.05, 0.1) is 6.61 Å². The Morgan fingerprint density at radius 3 is 2.62 bits per heavy atom. The molecule has 1 aromatic carbocycles. The van der Waals surface area contributed by atoms with Gasteiger partial charge in [-0.25, -0.2) is 4.79 Å². The molecule has 0 aliphatic heterocycles. The third-order valence-electron chi connectivity index (χ3n) is 2.76. The number of nitrogens with one attached hydrogen (secondary N) is 1. The topological polar surface area (TPSA) is 47.6 Å². The maximum Gasteiger partial charge on any atom is 0.347 e. The first kappa shape index (κ1) is 18.0. The van der Waals surface area contributed by atoms with E-state index in [4.69, 9.17) is 9.47 Å². The van der Waals surface area contributed by atoms with Crippen LogP contribution in [0.2, 0.25) is 0 Å². The van der Waals surface area contributed by atoms with E-state index >= 15 is 0 Å². The van der Waals surface area contributed by atoms with Crippen LogP contribution in [0, 0.1) is 0 Å². The minimum absolute atomic E-state index is 0.0362. The summed E-state index contributed by atoms with van der Waals surface area (Å²) in [5.41, 5.74) is 1.12. The fraction of sp³-hybridized carbons (Fsp3) is 0.562. The lowest BCUT2D eigenvalue weighted by Gasteiger charge is -2.21. The van der Waals surface area contributed by atoms with Crippen LogP contribution in [0.5, 0.6) is 5.75 Å². The minimum atomic E-state index is -0.616. The molecule has 0 aliphatic carbocycles. The second-order valence-corrected chi connectivity index (χ2v) is 6.72. The van der Waals surface area contributed by atoms with E-state index in [1.54, 1.807) is 13.8 Å². The van der Waals surface area contributed by atoms with Crippen molar-refractivity contribution in [2.75, 3.05) is 6.61 Å². The Morgan fingerprint density at radius 2 is 2.05 bits per heavy atom. The van der Waals surface area contributed by atoms with Gasteiger partial charge < -0.3 is 14.8 Å². The molecule has 5 heteroatoms. The third kappa shape index (κ3) is 6.48. The molecule has 0 saturated carbocycles. The van der Waals surface area contributed by atoms with Crippen LogP contribution in [0.3, 0.4) is 0 Å².